The molecule has 2 heterocycles. The van der Waals surface area contributed by atoms with Crippen LogP contribution in [0.25, 0.3) is 11.2 Å². The molecule has 0 aromatic carbocycles. The molecule has 19 heavy (non-hydrogen) atoms. The molecule has 1 saturated carbocycles. The van der Waals surface area contributed by atoms with E-state index in [0.717, 1.165) is 22.1 Å². The molecule has 0 unspecified atom stereocenters. The SMILES string of the molecule is CSC1CCC(n2c(N)nc3c(C)nn(C)c32)CC1. The normalized spacial score (nSPS) is 24.2. The summed E-state index contributed by atoms with van der Waals surface area (Å²) in [7, 11) is 1.97. The Morgan fingerprint density at radius 1 is 1.26 bits per heavy atom. The van der Waals surface area contributed by atoms with Crippen molar-refractivity contribution in [3.05, 3.63) is 5.69 Å². The van der Waals surface area contributed by atoms with Crippen molar-refractivity contribution in [2.24, 2.45) is 7.05 Å². The molecule has 2 aromatic rings. The van der Waals surface area contributed by atoms with E-state index in [4.69, 9.17) is 5.73 Å². The molecule has 0 bridgehead atoms. The van der Waals surface area contributed by atoms with Crippen LogP contribution >= 0.6 is 11.8 Å². The zero-order valence-corrected chi connectivity index (χ0v) is 12.6. The van der Waals surface area contributed by atoms with Gasteiger partial charge in [0.25, 0.3) is 0 Å². The number of hydrogen-bond acceptors (Lipinski definition) is 4. The molecule has 0 aliphatic heterocycles. The summed E-state index contributed by atoms with van der Waals surface area (Å²) in [5.41, 5.74) is 9.12. The highest BCUT2D eigenvalue weighted by Crippen LogP contribution is 2.37. The second kappa shape index (κ2) is 4.74. The summed E-state index contributed by atoms with van der Waals surface area (Å²) in [6.45, 7) is 1.99. The fourth-order valence-electron chi connectivity index (χ4n) is 3.21. The average Bonchev–Trinajstić information content (AvgIpc) is 2.88. The van der Waals surface area contributed by atoms with E-state index < -0.39 is 0 Å². The van der Waals surface area contributed by atoms with Gasteiger partial charge >= 0.3 is 0 Å². The van der Waals surface area contributed by atoms with Crippen molar-refractivity contribution in [1.29, 1.82) is 0 Å². The van der Waals surface area contributed by atoms with E-state index in [9.17, 15) is 0 Å². The van der Waals surface area contributed by atoms with E-state index in [1.807, 2.05) is 30.4 Å². The molecular formula is C13H21N5S. The van der Waals surface area contributed by atoms with Gasteiger partial charge < -0.3 is 5.73 Å². The van der Waals surface area contributed by atoms with Crippen LogP contribution in [0.15, 0.2) is 0 Å². The summed E-state index contributed by atoms with van der Waals surface area (Å²) in [5.74, 6) is 0.638. The van der Waals surface area contributed by atoms with Gasteiger partial charge in [-0.25, -0.2) is 4.98 Å². The van der Waals surface area contributed by atoms with Crippen molar-refractivity contribution >= 4 is 28.9 Å². The highest BCUT2D eigenvalue weighted by atomic mass is 32.2. The van der Waals surface area contributed by atoms with Gasteiger partial charge in [0.1, 0.15) is 5.52 Å². The number of nitrogens with two attached hydrogens (primary N) is 1. The molecule has 1 aliphatic carbocycles. The molecule has 0 radical (unpaired) electrons. The van der Waals surface area contributed by atoms with Gasteiger partial charge in [-0.1, -0.05) is 0 Å². The molecule has 0 spiro atoms. The number of rotatable bonds is 2. The zero-order valence-electron chi connectivity index (χ0n) is 11.8. The van der Waals surface area contributed by atoms with Crippen molar-refractivity contribution in [3.63, 3.8) is 0 Å². The van der Waals surface area contributed by atoms with Gasteiger partial charge in [0.05, 0.1) is 5.69 Å². The Morgan fingerprint density at radius 2 is 1.95 bits per heavy atom. The summed E-state index contributed by atoms with van der Waals surface area (Å²) < 4.78 is 4.11. The van der Waals surface area contributed by atoms with E-state index in [0.29, 0.717) is 12.0 Å². The van der Waals surface area contributed by atoms with Crippen LogP contribution in [0, 0.1) is 6.92 Å². The van der Waals surface area contributed by atoms with Gasteiger partial charge in [-0.15, -0.1) is 0 Å². The van der Waals surface area contributed by atoms with E-state index in [1.165, 1.54) is 25.7 Å². The number of nitrogens with zero attached hydrogens (tertiary/aromatic N) is 4. The summed E-state index contributed by atoms with van der Waals surface area (Å²) in [5, 5.41) is 5.26. The molecule has 6 heteroatoms. The first-order valence-corrected chi connectivity index (χ1v) is 8.10. The molecule has 1 fully saturated rings. The van der Waals surface area contributed by atoms with E-state index in [1.54, 1.807) is 0 Å². The van der Waals surface area contributed by atoms with Gasteiger partial charge in [-0.05, 0) is 38.9 Å². The van der Waals surface area contributed by atoms with Crippen LogP contribution in [-0.4, -0.2) is 30.8 Å². The molecule has 3 rings (SSSR count). The molecule has 5 nitrogen and oxygen atoms in total. The molecule has 1 aliphatic rings. The Bertz CT molecular complexity index is 592. The first kappa shape index (κ1) is 12.8. The minimum atomic E-state index is 0.475. The smallest absolute Gasteiger partial charge is 0.202 e. The van der Waals surface area contributed by atoms with Gasteiger partial charge in [0.15, 0.2) is 5.65 Å². The Kier molecular flexibility index (Phi) is 3.20. The third-order valence-electron chi connectivity index (χ3n) is 4.20. The zero-order chi connectivity index (χ0) is 13.6. The predicted octanol–water partition coefficient (Wildman–Crippen LogP) is 2.51. The number of imidazole rings is 1. The molecule has 104 valence electrons. The third-order valence-corrected chi connectivity index (χ3v) is 5.34. The number of aromatic nitrogens is 4. The van der Waals surface area contributed by atoms with Crippen molar-refractivity contribution in [3.8, 4) is 0 Å². The lowest BCUT2D eigenvalue weighted by Gasteiger charge is -2.29. The van der Waals surface area contributed by atoms with Gasteiger partial charge in [0, 0.05) is 18.3 Å². The number of hydrogen-bond donors (Lipinski definition) is 1. The van der Waals surface area contributed by atoms with E-state index in [2.05, 4.69) is 20.9 Å². The Labute approximate surface area is 117 Å². The van der Waals surface area contributed by atoms with Crippen molar-refractivity contribution in [1.82, 2.24) is 19.3 Å². The van der Waals surface area contributed by atoms with Crippen LogP contribution in [-0.2, 0) is 7.05 Å². The molecule has 2 aromatic heterocycles. The van der Waals surface area contributed by atoms with Crippen molar-refractivity contribution in [2.45, 2.75) is 43.9 Å². The Hall–Kier alpha value is -1.17. The van der Waals surface area contributed by atoms with E-state index in [-0.39, 0.29) is 0 Å². The first-order valence-electron chi connectivity index (χ1n) is 6.81. The highest BCUT2D eigenvalue weighted by molar-refractivity contribution is 7.99. The molecule has 2 N–H and O–H groups in total. The van der Waals surface area contributed by atoms with Gasteiger partial charge in [-0.3, -0.25) is 9.25 Å². The number of anilines is 1. The second-order valence-electron chi connectivity index (χ2n) is 5.39. The van der Waals surface area contributed by atoms with Crippen LogP contribution in [0.5, 0.6) is 0 Å². The summed E-state index contributed by atoms with van der Waals surface area (Å²) in [4.78, 5) is 4.50. The molecule has 0 atom stereocenters. The largest absolute Gasteiger partial charge is 0.369 e. The molecule has 0 amide bonds. The summed E-state index contributed by atoms with van der Waals surface area (Å²) >= 11 is 1.99. The fourth-order valence-corrected chi connectivity index (χ4v) is 3.96. The van der Waals surface area contributed by atoms with Gasteiger partial charge in [0.2, 0.25) is 5.95 Å². The predicted molar refractivity (Wildman–Crippen MR) is 80.5 cm³/mol. The lowest BCUT2D eigenvalue weighted by atomic mass is 9.95. The maximum atomic E-state index is 6.14. The van der Waals surface area contributed by atoms with Crippen LogP contribution in [0.4, 0.5) is 5.95 Å². The number of nitrogen functional groups attached to an aromatic ring is 1. The van der Waals surface area contributed by atoms with Gasteiger partial charge in [-0.2, -0.15) is 16.9 Å². The number of aryl methyl sites for hydroxylation is 2. The first-order chi connectivity index (χ1) is 9.11. The van der Waals surface area contributed by atoms with Crippen LogP contribution < -0.4 is 5.73 Å². The minimum absolute atomic E-state index is 0.475. The number of thioether (sulfide) groups is 1. The van der Waals surface area contributed by atoms with Crippen molar-refractivity contribution < 1.29 is 0 Å². The maximum Gasteiger partial charge on any atom is 0.202 e. The summed E-state index contributed by atoms with van der Waals surface area (Å²) in [6, 6.07) is 0.475. The Morgan fingerprint density at radius 3 is 2.58 bits per heavy atom. The van der Waals surface area contributed by atoms with Crippen LogP contribution in [0.3, 0.4) is 0 Å². The fraction of sp³-hybridized carbons (Fsp3) is 0.692. The molecular weight excluding hydrogens is 258 g/mol. The van der Waals surface area contributed by atoms with Crippen LogP contribution in [0.2, 0.25) is 0 Å². The lowest BCUT2D eigenvalue weighted by molar-refractivity contribution is 0.366. The van der Waals surface area contributed by atoms with E-state index >= 15 is 0 Å². The monoisotopic (exact) mass is 279 g/mol. The average molecular weight is 279 g/mol. The summed E-state index contributed by atoms with van der Waals surface area (Å²) in [6.07, 6.45) is 7.11. The Balaban J connectivity index is 1.99. The maximum absolute atomic E-state index is 6.14. The van der Waals surface area contributed by atoms with Crippen LogP contribution in [0.1, 0.15) is 37.4 Å². The highest BCUT2D eigenvalue weighted by Gasteiger charge is 2.26. The van der Waals surface area contributed by atoms with Crippen molar-refractivity contribution in [2.75, 3.05) is 12.0 Å². The second-order valence-corrected chi connectivity index (χ2v) is 6.53. The number of fused-ring (bicyclic) bond motifs is 1. The minimum Gasteiger partial charge on any atom is -0.369 e. The molecule has 0 saturated heterocycles. The third kappa shape index (κ3) is 2.02. The quantitative estimate of drug-likeness (QED) is 0.917. The topological polar surface area (TPSA) is 61.7 Å². The lowest BCUT2D eigenvalue weighted by Crippen LogP contribution is -2.21. The standard InChI is InChI=1S/C13H21N5S/c1-8-11-12(17(2)16-8)18(13(14)15-11)9-4-6-10(19-3)7-5-9/h9-10H,4-7H2,1-3H3,(H2,14,15).